The third kappa shape index (κ3) is 3.95. The molecule has 0 aliphatic heterocycles. The lowest BCUT2D eigenvalue weighted by Crippen LogP contribution is -2.00. The molecule has 2 rings (SSSR count). The molecule has 0 aromatic heterocycles. The highest BCUT2D eigenvalue weighted by Crippen LogP contribution is 2.22. The van der Waals surface area contributed by atoms with Crippen LogP contribution in [0.4, 0.5) is 0 Å². The zero-order valence-electron chi connectivity index (χ0n) is 11.4. The highest BCUT2D eigenvalue weighted by atomic mass is 16.5. The SMILES string of the molecule is [C-]#[N+]/C(=C\c1ccc(Oc2ccccc2)cc1)C(=O)OC. The van der Waals surface area contributed by atoms with Crippen LogP contribution in [0.3, 0.4) is 0 Å². The van der Waals surface area contributed by atoms with Crippen LogP contribution >= 0.6 is 0 Å². The molecule has 0 aliphatic carbocycles. The average Bonchev–Trinajstić information content (AvgIpc) is 2.54. The van der Waals surface area contributed by atoms with Crippen LogP contribution in [0.5, 0.6) is 11.5 Å². The van der Waals surface area contributed by atoms with Crippen LogP contribution in [0, 0.1) is 6.57 Å². The van der Waals surface area contributed by atoms with E-state index < -0.39 is 5.97 Å². The first-order valence-corrected chi connectivity index (χ1v) is 6.23. The maximum atomic E-state index is 11.3. The maximum Gasteiger partial charge on any atom is 0.336 e. The molecule has 0 saturated carbocycles. The summed E-state index contributed by atoms with van der Waals surface area (Å²) in [6.45, 7) is 6.96. The number of nitrogens with zero attached hydrogens (tertiary/aromatic N) is 1. The zero-order valence-corrected chi connectivity index (χ0v) is 11.4. The van der Waals surface area contributed by atoms with Crippen LogP contribution in [0.1, 0.15) is 5.56 Å². The second-order valence-corrected chi connectivity index (χ2v) is 4.12. The van der Waals surface area contributed by atoms with Gasteiger partial charge in [-0.05, 0) is 35.9 Å². The van der Waals surface area contributed by atoms with Crippen molar-refractivity contribution in [3.05, 3.63) is 77.3 Å². The maximum absolute atomic E-state index is 11.3. The summed E-state index contributed by atoms with van der Waals surface area (Å²) in [6, 6.07) is 16.5. The van der Waals surface area contributed by atoms with Crippen LogP contribution in [-0.2, 0) is 9.53 Å². The smallest absolute Gasteiger partial charge is 0.336 e. The van der Waals surface area contributed by atoms with Gasteiger partial charge in [0.2, 0.25) is 0 Å². The molecule has 21 heavy (non-hydrogen) atoms. The Labute approximate surface area is 123 Å². The van der Waals surface area contributed by atoms with Crippen LogP contribution in [0.25, 0.3) is 10.9 Å². The van der Waals surface area contributed by atoms with E-state index in [-0.39, 0.29) is 5.70 Å². The second-order valence-electron chi connectivity index (χ2n) is 4.12. The van der Waals surface area contributed by atoms with Crippen LogP contribution in [0.15, 0.2) is 60.3 Å². The number of para-hydroxylation sites is 1. The number of hydrogen-bond donors (Lipinski definition) is 0. The molecule has 104 valence electrons. The minimum atomic E-state index is -0.644. The molecule has 0 amide bonds. The zero-order chi connectivity index (χ0) is 15.1. The van der Waals surface area contributed by atoms with E-state index in [9.17, 15) is 4.79 Å². The van der Waals surface area contributed by atoms with E-state index in [0.29, 0.717) is 5.75 Å². The highest BCUT2D eigenvalue weighted by molar-refractivity contribution is 5.95. The molecule has 4 heteroatoms. The highest BCUT2D eigenvalue weighted by Gasteiger charge is 2.09. The molecule has 2 aromatic rings. The molecule has 2 aromatic carbocycles. The van der Waals surface area contributed by atoms with Gasteiger partial charge in [-0.1, -0.05) is 30.3 Å². The fourth-order valence-corrected chi connectivity index (χ4v) is 1.66. The van der Waals surface area contributed by atoms with Gasteiger partial charge in [0, 0.05) is 0 Å². The third-order valence-electron chi connectivity index (χ3n) is 2.68. The van der Waals surface area contributed by atoms with Crippen molar-refractivity contribution in [3.63, 3.8) is 0 Å². The first-order chi connectivity index (χ1) is 10.2. The van der Waals surface area contributed by atoms with Gasteiger partial charge in [0.05, 0.1) is 13.7 Å². The van der Waals surface area contributed by atoms with Gasteiger partial charge in [-0.2, -0.15) is 0 Å². The van der Waals surface area contributed by atoms with Crippen molar-refractivity contribution in [1.82, 2.24) is 0 Å². The number of benzene rings is 2. The molecular formula is C17H13NO3. The molecule has 0 aliphatic rings. The topological polar surface area (TPSA) is 39.9 Å². The van der Waals surface area contributed by atoms with Crippen molar-refractivity contribution >= 4 is 12.0 Å². The number of rotatable bonds is 4. The van der Waals surface area contributed by atoms with E-state index in [0.717, 1.165) is 11.3 Å². The van der Waals surface area contributed by atoms with E-state index in [4.69, 9.17) is 11.3 Å². The number of esters is 1. The van der Waals surface area contributed by atoms with Crippen molar-refractivity contribution in [3.8, 4) is 11.5 Å². The van der Waals surface area contributed by atoms with E-state index in [1.165, 1.54) is 13.2 Å². The molecular weight excluding hydrogens is 266 g/mol. The molecule has 0 unspecified atom stereocenters. The van der Waals surface area contributed by atoms with Gasteiger partial charge in [-0.3, -0.25) is 4.79 Å². The van der Waals surface area contributed by atoms with E-state index in [1.807, 2.05) is 30.3 Å². The van der Waals surface area contributed by atoms with Gasteiger partial charge < -0.3 is 9.47 Å². The first kappa shape index (κ1) is 14.4. The normalized spacial score (nSPS) is 10.6. The molecule has 4 nitrogen and oxygen atoms in total. The van der Waals surface area contributed by atoms with Crippen molar-refractivity contribution in [2.75, 3.05) is 7.11 Å². The van der Waals surface area contributed by atoms with Gasteiger partial charge >= 0.3 is 5.97 Å². The molecule has 0 fully saturated rings. The van der Waals surface area contributed by atoms with E-state index >= 15 is 0 Å². The van der Waals surface area contributed by atoms with Crippen molar-refractivity contribution in [1.29, 1.82) is 0 Å². The van der Waals surface area contributed by atoms with Crippen molar-refractivity contribution in [2.24, 2.45) is 0 Å². The quantitative estimate of drug-likeness (QED) is 0.484. The summed E-state index contributed by atoms with van der Waals surface area (Å²) in [4.78, 5) is 14.5. The summed E-state index contributed by atoms with van der Waals surface area (Å²) in [6.07, 6.45) is 1.48. The Morgan fingerprint density at radius 3 is 2.24 bits per heavy atom. The fraction of sp³-hybridized carbons (Fsp3) is 0.0588. The van der Waals surface area contributed by atoms with Gasteiger partial charge in [-0.25, -0.2) is 4.85 Å². The van der Waals surface area contributed by atoms with Crippen LogP contribution in [0.2, 0.25) is 0 Å². The predicted molar refractivity (Wildman–Crippen MR) is 79.6 cm³/mol. The minimum Gasteiger partial charge on any atom is -0.474 e. The van der Waals surface area contributed by atoms with E-state index in [2.05, 4.69) is 9.58 Å². The number of hydrogen-bond acceptors (Lipinski definition) is 3. The van der Waals surface area contributed by atoms with Crippen molar-refractivity contribution < 1.29 is 14.3 Å². The first-order valence-electron chi connectivity index (χ1n) is 6.23. The Morgan fingerprint density at radius 1 is 1.05 bits per heavy atom. The molecule has 0 spiro atoms. The molecule has 0 N–H and O–H groups in total. The van der Waals surface area contributed by atoms with Crippen LogP contribution in [-0.4, -0.2) is 13.1 Å². The largest absolute Gasteiger partial charge is 0.474 e. The van der Waals surface area contributed by atoms with Gasteiger partial charge in [0.15, 0.2) is 0 Å². The summed E-state index contributed by atoms with van der Waals surface area (Å²) < 4.78 is 10.2. The Morgan fingerprint density at radius 2 is 1.67 bits per heavy atom. The molecule has 0 radical (unpaired) electrons. The lowest BCUT2D eigenvalue weighted by molar-refractivity contribution is -0.135. The monoisotopic (exact) mass is 279 g/mol. The van der Waals surface area contributed by atoms with Crippen LogP contribution < -0.4 is 4.74 Å². The number of methoxy groups -OCH3 is 1. The molecule has 0 atom stereocenters. The standard InChI is InChI=1S/C17H13NO3/c1-18-16(17(19)20-2)12-13-8-10-15(11-9-13)21-14-6-4-3-5-7-14/h3-12H,2H3/b16-12-. The Hall–Kier alpha value is -3.06. The summed E-state index contributed by atoms with van der Waals surface area (Å²) in [5.74, 6) is 0.785. The average molecular weight is 279 g/mol. The number of carbonyl (C=O) groups excluding carboxylic acids is 1. The Bertz CT molecular complexity index is 682. The number of carbonyl (C=O) groups is 1. The molecule has 0 heterocycles. The molecule has 0 bridgehead atoms. The summed E-state index contributed by atoms with van der Waals surface area (Å²) >= 11 is 0. The predicted octanol–water partition coefficient (Wildman–Crippen LogP) is 3.91. The van der Waals surface area contributed by atoms with Gasteiger partial charge in [0.25, 0.3) is 5.70 Å². The van der Waals surface area contributed by atoms with Gasteiger partial charge in [0.1, 0.15) is 11.5 Å². The Kier molecular flexibility index (Phi) is 4.73. The lowest BCUT2D eigenvalue weighted by atomic mass is 10.2. The number of ether oxygens (including phenoxy) is 2. The summed E-state index contributed by atoms with van der Waals surface area (Å²) in [5, 5.41) is 0. The fourth-order valence-electron chi connectivity index (χ4n) is 1.66. The summed E-state index contributed by atoms with van der Waals surface area (Å²) in [7, 11) is 1.25. The second kappa shape index (κ2) is 6.92. The van der Waals surface area contributed by atoms with E-state index in [1.54, 1.807) is 24.3 Å². The minimum absolute atomic E-state index is 0.0609. The Balaban J connectivity index is 2.14. The lowest BCUT2D eigenvalue weighted by Gasteiger charge is -2.05. The van der Waals surface area contributed by atoms with Gasteiger partial charge in [-0.15, -0.1) is 0 Å². The summed E-state index contributed by atoms with van der Waals surface area (Å²) in [5.41, 5.74) is 0.668. The van der Waals surface area contributed by atoms with Crippen molar-refractivity contribution in [2.45, 2.75) is 0 Å². The molecule has 0 saturated heterocycles. The third-order valence-corrected chi connectivity index (χ3v) is 2.68.